The third-order valence-corrected chi connectivity index (χ3v) is 4.71. The number of amides is 1. The molecule has 1 aliphatic heterocycles. The number of aromatic nitrogens is 1. The van der Waals surface area contributed by atoms with Gasteiger partial charge in [0.25, 0.3) is 5.91 Å². The number of furan rings is 1. The maximum Gasteiger partial charge on any atom is 0.267 e. The van der Waals surface area contributed by atoms with Gasteiger partial charge in [0, 0.05) is 19.8 Å². The van der Waals surface area contributed by atoms with Crippen LogP contribution in [0.3, 0.4) is 0 Å². The van der Waals surface area contributed by atoms with Crippen molar-refractivity contribution >= 4 is 5.91 Å². The molecule has 6 nitrogen and oxygen atoms in total. The van der Waals surface area contributed by atoms with E-state index in [9.17, 15) is 4.79 Å². The number of nitriles is 1. The monoisotopic (exact) mass is 326 g/mol. The highest BCUT2D eigenvalue weighted by molar-refractivity contribution is 5.92. The second kappa shape index (κ2) is 6.93. The van der Waals surface area contributed by atoms with Crippen LogP contribution in [0.25, 0.3) is 0 Å². The van der Waals surface area contributed by atoms with Crippen molar-refractivity contribution in [3.63, 3.8) is 0 Å². The number of piperidine rings is 1. The quantitative estimate of drug-likeness (QED) is 0.937. The molecule has 1 aliphatic rings. The maximum absolute atomic E-state index is 11.9. The molecule has 1 amide bonds. The Morgan fingerprint density at radius 2 is 2.21 bits per heavy atom. The summed E-state index contributed by atoms with van der Waals surface area (Å²) < 4.78 is 7.51. The third-order valence-electron chi connectivity index (χ3n) is 4.71. The number of carbonyl (C=O) groups excluding carboxylic acids is 1. The molecule has 24 heavy (non-hydrogen) atoms. The van der Waals surface area contributed by atoms with Gasteiger partial charge in [-0.15, -0.1) is 0 Å². The van der Waals surface area contributed by atoms with Crippen LogP contribution in [-0.4, -0.2) is 29.0 Å². The van der Waals surface area contributed by atoms with E-state index in [1.807, 2.05) is 35.9 Å². The molecule has 1 atom stereocenters. The van der Waals surface area contributed by atoms with Crippen LogP contribution in [0.1, 0.15) is 53.0 Å². The lowest BCUT2D eigenvalue weighted by Crippen LogP contribution is -2.34. The van der Waals surface area contributed by atoms with Crippen molar-refractivity contribution in [1.29, 1.82) is 5.26 Å². The summed E-state index contributed by atoms with van der Waals surface area (Å²) in [5.74, 6) is 1.08. The van der Waals surface area contributed by atoms with Crippen molar-refractivity contribution in [3.8, 4) is 6.07 Å². The Kier molecular flexibility index (Phi) is 4.72. The zero-order chi connectivity index (χ0) is 17.1. The average molecular weight is 326 g/mol. The normalized spacial score (nSPS) is 18.3. The Morgan fingerprint density at radius 1 is 1.38 bits per heavy atom. The van der Waals surface area contributed by atoms with Crippen molar-refractivity contribution < 1.29 is 9.21 Å². The lowest BCUT2D eigenvalue weighted by Gasteiger charge is -2.35. The molecule has 1 saturated heterocycles. The highest BCUT2D eigenvalue weighted by Gasteiger charge is 2.28. The Morgan fingerprint density at radius 3 is 2.92 bits per heavy atom. The lowest BCUT2D eigenvalue weighted by molar-refractivity contribution is 0.0951. The van der Waals surface area contributed by atoms with Crippen LogP contribution >= 0.6 is 0 Å². The van der Waals surface area contributed by atoms with E-state index in [0.29, 0.717) is 18.0 Å². The Hall–Kier alpha value is -2.52. The van der Waals surface area contributed by atoms with Gasteiger partial charge in [0.2, 0.25) is 5.76 Å². The molecule has 0 unspecified atom stereocenters. The molecule has 0 radical (unpaired) electrons. The van der Waals surface area contributed by atoms with Crippen LogP contribution in [0.4, 0.5) is 0 Å². The zero-order valence-corrected chi connectivity index (χ0v) is 14.1. The van der Waals surface area contributed by atoms with Gasteiger partial charge >= 0.3 is 0 Å². The minimum atomic E-state index is -0.0733. The van der Waals surface area contributed by atoms with Gasteiger partial charge < -0.3 is 14.3 Å². The minimum absolute atomic E-state index is 0.0733. The van der Waals surface area contributed by atoms with Gasteiger partial charge in [0.05, 0.1) is 12.6 Å². The molecule has 0 aromatic carbocycles. The highest BCUT2D eigenvalue weighted by Crippen LogP contribution is 2.33. The summed E-state index contributed by atoms with van der Waals surface area (Å²) in [5.41, 5.74) is 1.81. The Bertz CT molecular complexity index is 768. The fraction of sp³-hybridized carbons (Fsp3) is 0.444. The van der Waals surface area contributed by atoms with E-state index in [-0.39, 0.29) is 11.9 Å². The summed E-state index contributed by atoms with van der Waals surface area (Å²) in [5, 5.41) is 11.6. The summed E-state index contributed by atoms with van der Waals surface area (Å²) in [6, 6.07) is 9.76. The molecule has 126 valence electrons. The molecule has 0 saturated carbocycles. The van der Waals surface area contributed by atoms with Crippen LogP contribution in [0, 0.1) is 11.3 Å². The SMILES string of the molecule is CNC(=O)c1ccc([C@H]2CCCCN2Cc2ccc(C#N)o2)n1C. The van der Waals surface area contributed by atoms with Crippen molar-refractivity contribution in [3.05, 3.63) is 47.2 Å². The first-order valence-electron chi connectivity index (χ1n) is 8.24. The molecule has 0 aliphatic carbocycles. The van der Waals surface area contributed by atoms with Crippen molar-refractivity contribution in [2.45, 2.75) is 31.8 Å². The predicted molar refractivity (Wildman–Crippen MR) is 89.2 cm³/mol. The van der Waals surface area contributed by atoms with Gasteiger partial charge in [-0.1, -0.05) is 6.42 Å². The van der Waals surface area contributed by atoms with Crippen molar-refractivity contribution in [2.75, 3.05) is 13.6 Å². The lowest BCUT2D eigenvalue weighted by atomic mass is 9.99. The number of carbonyl (C=O) groups is 1. The van der Waals surface area contributed by atoms with E-state index in [1.54, 1.807) is 13.1 Å². The second-order valence-corrected chi connectivity index (χ2v) is 6.14. The molecule has 0 spiro atoms. The summed E-state index contributed by atoms with van der Waals surface area (Å²) in [7, 11) is 3.58. The van der Waals surface area contributed by atoms with E-state index in [2.05, 4.69) is 10.2 Å². The van der Waals surface area contributed by atoms with Gasteiger partial charge in [-0.05, 0) is 43.7 Å². The predicted octanol–water partition coefficient (Wildman–Crippen LogP) is 2.58. The largest absolute Gasteiger partial charge is 0.449 e. The molecule has 0 bridgehead atoms. The fourth-order valence-electron chi connectivity index (χ4n) is 3.46. The number of nitrogens with zero attached hydrogens (tertiary/aromatic N) is 3. The van der Waals surface area contributed by atoms with Crippen LogP contribution in [-0.2, 0) is 13.6 Å². The van der Waals surface area contributed by atoms with Crippen LogP contribution in [0.5, 0.6) is 0 Å². The molecule has 3 rings (SSSR count). The van der Waals surface area contributed by atoms with E-state index < -0.39 is 0 Å². The average Bonchev–Trinajstić information content (AvgIpc) is 3.21. The summed E-state index contributed by atoms with van der Waals surface area (Å²) in [4.78, 5) is 14.3. The van der Waals surface area contributed by atoms with Crippen molar-refractivity contribution in [1.82, 2.24) is 14.8 Å². The van der Waals surface area contributed by atoms with Gasteiger partial charge in [-0.2, -0.15) is 5.26 Å². The molecule has 3 heterocycles. The summed E-state index contributed by atoms with van der Waals surface area (Å²) in [6.07, 6.45) is 3.37. The topological polar surface area (TPSA) is 74.2 Å². The van der Waals surface area contributed by atoms with Crippen molar-refractivity contribution in [2.24, 2.45) is 7.05 Å². The maximum atomic E-state index is 11.9. The first-order valence-corrected chi connectivity index (χ1v) is 8.24. The summed E-state index contributed by atoms with van der Waals surface area (Å²) in [6.45, 7) is 1.65. The number of hydrogen-bond donors (Lipinski definition) is 1. The first-order chi connectivity index (χ1) is 11.6. The molecule has 2 aromatic heterocycles. The molecule has 6 heteroatoms. The summed E-state index contributed by atoms with van der Waals surface area (Å²) >= 11 is 0. The zero-order valence-electron chi connectivity index (χ0n) is 14.1. The van der Waals surface area contributed by atoms with Crippen LogP contribution in [0.15, 0.2) is 28.7 Å². The van der Waals surface area contributed by atoms with E-state index in [4.69, 9.17) is 9.68 Å². The second-order valence-electron chi connectivity index (χ2n) is 6.14. The number of likely N-dealkylation sites (tertiary alicyclic amines) is 1. The molecule has 2 aromatic rings. The van der Waals surface area contributed by atoms with Crippen LogP contribution in [0.2, 0.25) is 0 Å². The number of rotatable bonds is 4. The Labute approximate surface area is 141 Å². The smallest absolute Gasteiger partial charge is 0.267 e. The van der Waals surface area contributed by atoms with Gasteiger partial charge in [0.15, 0.2) is 0 Å². The van der Waals surface area contributed by atoms with Crippen LogP contribution < -0.4 is 5.32 Å². The molecule has 1 fully saturated rings. The highest BCUT2D eigenvalue weighted by atomic mass is 16.3. The van der Waals surface area contributed by atoms with E-state index in [0.717, 1.165) is 30.8 Å². The van der Waals surface area contributed by atoms with E-state index >= 15 is 0 Å². The Balaban J connectivity index is 1.83. The number of nitrogens with one attached hydrogen (secondary N) is 1. The molecule has 1 N–H and O–H groups in total. The van der Waals surface area contributed by atoms with Gasteiger partial charge in [-0.3, -0.25) is 9.69 Å². The van der Waals surface area contributed by atoms with Gasteiger partial charge in [-0.25, -0.2) is 0 Å². The third kappa shape index (κ3) is 3.08. The van der Waals surface area contributed by atoms with E-state index in [1.165, 1.54) is 6.42 Å². The first kappa shape index (κ1) is 16.3. The van der Waals surface area contributed by atoms with Gasteiger partial charge in [0.1, 0.15) is 17.5 Å². The number of hydrogen-bond acceptors (Lipinski definition) is 4. The fourth-order valence-corrected chi connectivity index (χ4v) is 3.46. The molecular weight excluding hydrogens is 304 g/mol. The minimum Gasteiger partial charge on any atom is -0.449 e. The molecular formula is C18H22N4O2. The standard InChI is InChI=1S/C18H22N4O2/c1-20-18(23)17-9-8-15(21(17)2)16-5-3-4-10-22(16)12-14-7-6-13(11-19)24-14/h6-9,16H,3-5,10,12H2,1-2H3,(H,20,23)/t16-/m1/s1.